The van der Waals surface area contributed by atoms with E-state index in [-0.39, 0.29) is 0 Å². The van der Waals surface area contributed by atoms with E-state index in [0.717, 1.165) is 5.82 Å². The first-order chi connectivity index (χ1) is 5.36. The van der Waals surface area contributed by atoms with Crippen molar-refractivity contribution < 1.29 is 0 Å². The predicted octanol–water partition coefficient (Wildman–Crippen LogP) is 1.60. The standard InChI is InChI=1S/C9H12N2/c1-8-3-4-9(10-7-8)11-5-2-6-11/h3-4,7H,2,5-6H2,1H3. The number of nitrogens with zero attached hydrogens (tertiary/aromatic N) is 2. The second-order valence-electron chi connectivity index (χ2n) is 3.03. The van der Waals surface area contributed by atoms with Crippen LogP contribution in [0.25, 0.3) is 0 Å². The number of aromatic nitrogens is 1. The number of aryl methyl sites for hydroxylation is 1. The molecule has 58 valence electrons. The maximum atomic E-state index is 4.33. The van der Waals surface area contributed by atoms with Crippen molar-refractivity contribution in [2.75, 3.05) is 18.0 Å². The Hall–Kier alpha value is -1.05. The van der Waals surface area contributed by atoms with Crippen LogP contribution in [0, 0.1) is 6.92 Å². The van der Waals surface area contributed by atoms with Crippen LogP contribution in [0.15, 0.2) is 18.3 Å². The average molecular weight is 148 g/mol. The van der Waals surface area contributed by atoms with Crippen molar-refractivity contribution in [1.82, 2.24) is 4.98 Å². The number of hydrogen-bond acceptors (Lipinski definition) is 2. The second kappa shape index (κ2) is 2.53. The van der Waals surface area contributed by atoms with Crippen molar-refractivity contribution in [3.05, 3.63) is 23.9 Å². The fourth-order valence-electron chi connectivity index (χ4n) is 1.19. The number of pyridine rings is 1. The third-order valence-corrected chi connectivity index (χ3v) is 2.08. The van der Waals surface area contributed by atoms with Crippen molar-refractivity contribution in [1.29, 1.82) is 0 Å². The van der Waals surface area contributed by atoms with E-state index in [1.165, 1.54) is 25.1 Å². The first-order valence-corrected chi connectivity index (χ1v) is 4.04. The lowest BCUT2D eigenvalue weighted by Gasteiger charge is -2.31. The molecule has 0 spiro atoms. The van der Waals surface area contributed by atoms with Crippen LogP contribution < -0.4 is 4.90 Å². The molecule has 0 amide bonds. The molecule has 0 atom stereocenters. The molecule has 0 unspecified atom stereocenters. The minimum Gasteiger partial charge on any atom is -0.356 e. The zero-order valence-corrected chi connectivity index (χ0v) is 6.75. The summed E-state index contributed by atoms with van der Waals surface area (Å²) in [6.45, 7) is 4.42. The van der Waals surface area contributed by atoms with Crippen molar-refractivity contribution >= 4 is 5.82 Å². The van der Waals surface area contributed by atoms with Gasteiger partial charge >= 0.3 is 0 Å². The highest BCUT2D eigenvalue weighted by atomic mass is 15.2. The van der Waals surface area contributed by atoms with E-state index < -0.39 is 0 Å². The second-order valence-corrected chi connectivity index (χ2v) is 3.03. The molecule has 0 radical (unpaired) electrons. The lowest BCUT2D eigenvalue weighted by atomic mass is 10.2. The summed E-state index contributed by atoms with van der Waals surface area (Å²) in [5.74, 6) is 1.13. The summed E-state index contributed by atoms with van der Waals surface area (Å²) < 4.78 is 0. The Kier molecular flexibility index (Phi) is 1.53. The molecule has 2 heteroatoms. The minimum absolute atomic E-state index is 1.13. The van der Waals surface area contributed by atoms with Crippen molar-refractivity contribution in [2.24, 2.45) is 0 Å². The summed E-state index contributed by atoms with van der Waals surface area (Å²) in [5.41, 5.74) is 1.23. The van der Waals surface area contributed by atoms with E-state index in [2.05, 4.69) is 28.9 Å². The van der Waals surface area contributed by atoms with Crippen LogP contribution in [0.4, 0.5) is 5.82 Å². The van der Waals surface area contributed by atoms with E-state index in [1.54, 1.807) is 0 Å². The smallest absolute Gasteiger partial charge is 0.128 e. The van der Waals surface area contributed by atoms with Gasteiger partial charge in [0.2, 0.25) is 0 Å². The Labute approximate surface area is 66.9 Å². The molecule has 1 fully saturated rings. The van der Waals surface area contributed by atoms with E-state index in [0.29, 0.717) is 0 Å². The Balaban J connectivity index is 2.18. The normalized spacial score (nSPS) is 16.3. The third-order valence-electron chi connectivity index (χ3n) is 2.08. The molecule has 0 aliphatic carbocycles. The summed E-state index contributed by atoms with van der Waals surface area (Å²) in [5, 5.41) is 0. The number of rotatable bonds is 1. The summed E-state index contributed by atoms with van der Waals surface area (Å²) >= 11 is 0. The molecule has 1 aliphatic heterocycles. The van der Waals surface area contributed by atoms with Crippen molar-refractivity contribution in [3.8, 4) is 0 Å². The molecule has 0 N–H and O–H groups in total. The highest BCUT2D eigenvalue weighted by molar-refractivity contribution is 5.41. The Morgan fingerprint density at radius 2 is 2.18 bits per heavy atom. The van der Waals surface area contributed by atoms with Crippen LogP contribution in [0.5, 0.6) is 0 Å². The molecule has 1 saturated heterocycles. The molecular formula is C9H12N2. The van der Waals surface area contributed by atoms with Crippen LogP contribution in [0.1, 0.15) is 12.0 Å². The monoisotopic (exact) mass is 148 g/mol. The molecule has 0 aromatic carbocycles. The first kappa shape index (κ1) is 6.65. The van der Waals surface area contributed by atoms with Crippen LogP contribution in [0.3, 0.4) is 0 Å². The van der Waals surface area contributed by atoms with Gasteiger partial charge in [0.25, 0.3) is 0 Å². The zero-order chi connectivity index (χ0) is 7.68. The quantitative estimate of drug-likeness (QED) is 0.601. The lowest BCUT2D eigenvalue weighted by Crippen LogP contribution is -2.37. The average Bonchev–Trinajstić information content (AvgIpc) is 1.90. The van der Waals surface area contributed by atoms with Crippen LogP contribution in [-0.4, -0.2) is 18.1 Å². The first-order valence-electron chi connectivity index (χ1n) is 4.04. The number of hydrogen-bond donors (Lipinski definition) is 0. The maximum Gasteiger partial charge on any atom is 0.128 e. The largest absolute Gasteiger partial charge is 0.356 e. The fourth-order valence-corrected chi connectivity index (χ4v) is 1.19. The molecule has 1 aromatic heterocycles. The number of anilines is 1. The van der Waals surface area contributed by atoms with Crippen LogP contribution >= 0.6 is 0 Å². The Morgan fingerprint density at radius 3 is 2.64 bits per heavy atom. The van der Waals surface area contributed by atoms with Gasteiger partial charge in [-0.25, -0.2) is 4.98 Å². The molecule has 1 aromatic rings. The predicted molar refractivity (Wildman–Crippen MR) is 45.8 cm³/mol. The highest BCUT2D eigenvalue weighted by Gasteiger charge is 2.14. The molecule has 2 nitrogen and oxygen atoms in total. The zero-order valence-electron chi connectivity index (χ0n) is 6.75. The van der Waals surface area contributed by atoms with Gasteiger partial charge in [0.1, 0.15) is 5.82 Å². The summed E-state index contributed by atoms with van der Waals surface area (Å²) in [7, 11) is 0. The van der Waals surface area contributed by atoms with Gasteiger partial charge in [-0.3, -0.25) is 0 Å². The van der Waals surface area contributed by atoms with Gasteiger partial charge in [0, 0.05) is 19.3 Å². The van der Waals surface area contributed by atoms with Gasteiger partial charge in [0.15, 0.2) is 0 Å². The van der Waals surface area contributed by atoms with Gasteiger partial charge in [0.05, 0.1) is 0 Å². The molecule has 0 saturated carbocycles. The topological polar surface area (TPSA) is 16.1 Å². The van der Waals surface area contributed by atoms with Crippen molar-refractivity contribution in [2.45, 2.75) is 13.3 Å². The summed E-state index contributed by atoms with van der Waals surface area (Å²) in [6.07, 6.45) is 3.24. The Bertz CT molecular complexity index is 236. The molecule has 11 heavy (non-hydrogen) atoms. The highest BCUT2D eigenvalue weighted by Crippen LogP contribution is 2.16. The third kappa shape index (κ3) is 1.20. The maximum absolute atomic E-state index is 4.33. The molecule has 2 heterocycles. The van der Waals surface area contributed by atoms with E-state index in [4.69, 9.17) is 0 Å². The molecule has 2 rings (SSSR count). The van der Waals surface area contributed by atoms with Crippen molar-refractivity contribution in [3.63, 3.8) is 0 Å². The molecular weight excluding hydrogens is 136 g/mol. The lowest BCUT2D eigenvalue weighted by molar-refractivity contribution is 0.609. The van der Waals surface area contributed by atoms with Gasteiger partial charge in [-0.2, -0.15) is 0 Å². The van der Waals surface area contributed by atoms with Crippen LogP contribution in [0.2, 0.25) is 0 Å². The van der Waals surface area contributed by atoms with E-state index in [9.17, 15) is 0 Å². The Morgan fingerprint density at radius 1 is 1.36 bits per heavy atom. The summed E-state index contributed by atoms with van der Waals surface area (Å²) in [6, 6.07) is 4.20. The van der Waals surface area contributed by atoms with Gasteiger partial charge in [-0.15, -0.1) is 0 Å². The minimum atomic E-state index is 1.13. The SMILES string of the molecule is Cc1ccc(N2CCC2)nc1. The van der Waals surface area contributed by atoms with E-state index in [1.807, 2.05) is 6.20 Å². The molecule has 0 bridgehead atoms. The summed E-state index contributed by atoms with van der Waals surface area (Å²) in [4.78, 5) is 6.62. The fraction of sp³-hybridized carbons (Fsp3) is 0.444. The van der Waals surface area contributed by atoms with Gasteiger partial charge in [-0.05, 0) is 25.0 Å². The van der Waals surface area contributed by atoms with Gasteiger partial charge < -0.3 is 4.90 Å². The van der Waals surface area contributed by atoms with Crippen LogP contribution in [-0.2, 0) is 0 Å². The molecule has 1 aliphatic rings. The van der Waals surface area contributed by atoms with E-state index >= 15 is 0 Å². The van der Waals surface area contributed by atoms with Gasteiger partial charge in [-0.1, -0.05) is 6.07 Å².